The molecule has 0 amide bonds. The number of aromatic amines is 1. The third-order valence-corrected chi connectivity index (χ3v) is 4.75. The van der Waals surface area contributed by atoms with Crippen LogP contribution < -0.4 is 10.9 Å². The van der Waals surface area contributed by atoms with Gasteiger partial charge in [-0.2, -0.15) is 0 Å². The first-order chi connectivity index (χ1) is 13.2. The molecule has 0 unspecified atom stereocenters. The maximum absolute atomic E-state index is 12.4. The highest BCUT2D eigenvalue weighted by atomic mass is 16.5. The van der Waals surface area contributed by atoms with Gasteiger partial charge in [0.1, 0.15) is 5.56 Å². The molecule has 3 aromatic rings. The predicted octanol–water partition coefficient (Wildman–Crippen LogP) is 3.08. The number of aromatic nitrogens is 3. The molecule has 7 nitrogen and oxygen atoms in total. The number of hydrogen-bond donors (Lipinski definition) is 2. The maximum atomic E-state index is 12.4. The topological polar surface area (TPSA) is 88.5 Å². The van der Waals surface area contributed by atoms with Gasteiger partial charge >= 0.3 is 5.97 Å². The van der Waals surface area contributed by atoms with E-state index in [0.717, 1.165) is 23.7 Å². The van der Waals surface area contributed by atoms with Crippen LogP contribution in [0.5, 0.6) is 0 Å². The molecule has 1 aromatic carbocycles. The number of nitrogens with one attached hydrogen (secondary N) is 2. The van der Waals surface area contributed by atoms with Gasteiger partial charge in [-0.25, -0.2) is 14.3 Å². The quantitative estimate of drug-likeness (QED) is 0.628. The van der Waals surface area contributed by atoms with E-state index in [0.29, 0.717) is 5.69 Å². The van der Waals surface area contributed by atoms with Crippen molar-refractivity contribution in [2.24, 2.45) is 5.92 Å². The summed E-state index contributed by atoms with van der Waals surface area (Å²) in [4.78, 5) is 28.9. The number of nitrogens with zero attached hydrogens (tertiary/aromatic N) is 2. The summed E-state index contributed by atoms with van der Waals surface area (Å²) in [6, 6.07) is 9.26. The molecule has 0 bridgehead atoms. The van der Waals surface area contributed by atoms with Crippen LogP contribution in [0.1, 0.15) is 36.5 Å². The van der Waals surface area contributed by atoms with Crippen LogP contribution in [0.3, 0.4) is 0 Å². The molecule has 1 fully saturated rings. The highest BCUT2D eigenvalue weighted by Gasteiger charge is 2.20. The van der Waals surface area contributed by atoms with Crippen LogP contribution in [0.4, 0.5) is 5.69 Å². The van der Waals surface area contributed by atoms with Gasteiger partial charge in [0.25, 0.3) is 5.56 Å². The van der Waals surface area contributed by atoms with Crippen molar-refractivity contribution in [2.45, 2.75) is 26.2 Å². The normalized spacial score (nSPS) is 13.7. The van der Waals surface area contributed by atoms with Crippen molar-refractivity contribution in [3.8, 4) is 11.3 Å². The first-order valence-electron chi connectivity index (χ1n) is 9.28. The number of rotatable bonds is 7. The SMILES string of the molecule is CCOC(=O)c1c[nH]n2c(=O)cc(-c3ccc(NCCC4CC4)cc3)nc12. The Hall–Kier alpha value is -3.09. The van der Waals surface area contributed by atoms with E-state index in [9.17, 15) is 9.59 Å². The van der Waals surface area contributed by atoms with Gasteiger partial charge in [0.2, 0.25) is 0 Å². The summed E-state index contributed by atoms with van der Waals surface area (Å²) in [6.45, 7) is 2.97. The number of benzene rings is 1. The molecule has 4 rings (SSSR count). The van der Waals surface area contributed by atoms with Gasteiger partial charge in [-0.3, -0.25) is 9.89 Å². The van der Waals surface area contributed by atoms with Crippen molar-refractivity contribution in [1.29, 1.82) is 0 Å². The lowest BCUT2D eigenvalue weighted by molar-refractivity contribution is 0.0528. The highest BCUT2D eigenvalue weighted by molar-refractivity contribution is 5.95. The Kier molecular flexibility index (Phi) is 4.66. The number of H-pyrrole nitrogens is 1. The lowest BCUT2D eigenvalue weighted by Gasteiger charge is -2.07. The van der Waals surface area contributed by atoms with Gasteiger partial charge in [-0.1, -0.05) is 25.0 Å². The Morgan fingerprint density at radius 2 is 2.11 bits per heavy atom. The summed E-state index contributed by atoms with van der Waals surface area (Å²) in [5.41, 5.74) is 2.62. The zero-order valence-electron chi connectivity index (χ0n) is 15.2. The number of ether oxygens (including phenoxy) is 1. The van der Waals surface area contributed by atoms with Crippen molar-refractivity contribution >= 4 is 17.3 Å². The van der Waals surface area contributed by atoms with Crippen LogP contribution in [0, 0.1) is 5.92 Å². The third-order valence-electron chi connectivity index (χ3n) is 4.75. The van der Waals surface area contributed by atoms with Crippen molar-refractivity contribution in [3.63, 3.8) is 0 Å². The molecule has 1 aliphatic carbocycles. The number of esters is 1. The molecular weight excluding hydrogens is 344 g/mol. The summed E-state index contributed by atoms with van der Waals surface area (Å²) >= 11 is 0. The number of carbonyl (C=O) groups excluding carboxylic acids is 1. The molecule has 0 spiro atoms. The summed E-state index contributed by atoms with van der Waals surface area (Å²) in [5.74, 6) is 0.395. The lowest BCUT2D eigenvalue weighted by Crippen LogP contribution is -2.15. The molecule has 7 heteroatoms. The Balaban J connectivity index is 1.59. The average molecular weight is 366 g/mol. The van der Waals surface area contributed by atoms with Gasteiger partial charge in [0, 0.05) is 30.1 Å². The molecular formula is C20H22N4O3. The van der Waals surface area contributed by atoms with Gasteiger partial charge in [0.05, 0.1) is 12.3 Å². The Bertz CT molecular complexity index is 1020. The smallest absolute Gasteiger partial charge is 0.343 e. The Morgan fingerprint density at radius 3 is 2.81 bits per heavy atom. The molecule has 1 aliphatic rings. The highest BCUT2D eigenvalue weighted by Crippen LogP contribution is 2.32. The van der Waals surface area contributed by atoms with E-state index >= 15 is 0 Å². The van der Waals surface area contributed by atoms with Crippen LogP contribution in [-0.2, 0) is 4.74 Å². The Morgan fingerprint density at radius 1 is 1.33 bits per heavy atom. The fraction of sp³-hybridized carbons (Fsp3) is 0.350. The van der Waals surface area contributed by atoms with E-state index < -0.39 is 5.97 Å². The molecule has 1 saturated carbocycles. The minimum atomic E-state index is -0.504. The molecule has 2 heterocycles. The van der Waals surface area contributed by atoms with Crippen molar-refractivity contribution < 1.29 is 9.53 Å². The lowest BCUT2D eigenvalue weighted by atomic mass is 10.1. The molecule has 27 heavy (non-hydrogen) atoms. The van der Waals surface area contributed by atoms with E-state index in [4.69, 9.17) is 4.74 Å². The molecule has 0 atom stereocenters. The van der Waals surface area contributed by atoms with Crippen molar-refractivity contribution in [1.82, 2.24) is 14.6 Å². The van der Waals surface area contributed by atoms with Crippen LogP contribution in [0.15, 0.2) is 41.3 Å². The van der Waals surface area contributed by atoms with Crippen molar-refractivity contribution in [2.75, 3.05) is 18.5 Å². The molecule has 2 N–H and O–H groups in total. The van der Waals surface area contributed by atoms with E-state index in [2.05, 4.69) is 15.4 Å². The second kappa shape index (κ2) is 7.26. The molecule has 0 radical (unpaired) electrons. The van der Waals surface area contributed by atoms with Crippen molar-refractivity contribution in [3.05, 3.63) is 52.4 Å². The van der Waals surface area contributed by atoms with Crippen LogP contribution >= 0.6 is 0 Å². The molecule has 0 saturated heterocycles. The fourth-order valence-corrected chi connectivity index (χ4v) is 3.07. The maximum Gasteiger partial charge on any atom is 0.343 e. The second-order valence-electron chi connectivity index (χ2n) is 6.78. The summed E-state index contributed by atoms with van der Waals surface area (Å²) < 4.78 is 6.27. The number of anilines is 1. The minimum absolute atomic E-state index is 0.245. The van der Waals surface area contributed by atoms with Gasteiger partial charge in [-0.15, -0.1) is 0 Å². The standard InChI is InChI=1S/C20H22N4O3/c1-2-27-20(26)16-12-22-24-18(25)11-17(23-19(16)24)14-5-7-15(8-6-14)21-10-9-13-3-4-13/h5-8,11-13,21-22H,2-4,9-10H2,1H3. The van der Waals surface area contributed by atoms with Crippen LogP contribution in [0.2, 0.25) is 0 Å². The fourth-order valence-electron chi connectivity index (χ4n) is 3.07. The summed E-state index contributed by atoms with van der Waals surface area (Å²) in [7, 11) is 0. The first-order valence-corrected chi connectivity index (χ1v) is 9.28. The number of hydrogen-bond acceptors (Lipinski definition) is 5. The van der Waals surface area contributed by atoms with E-state index in [1.54, 1.807) is 6.92 Å². The zero-order chi connectivity index (χ0) is 18.8. The first kappa shape index (κ1) is 17.3. The van der Waals surface area contributed by atoms with Gasteiger partial charge in [0.15, 0.2) is 5.65 Å². The monoisotopic (exact) mass is 366 g/mol. The number of carbonyl (C=O) groups is 1. The minimum Gasteiger partial charge on any atom is -0.462 e. The summed E-state index contributed by atoms with van der Waals surface area (Å²) in [6.07, 6.45) is 5.37. The molecule has 0 aliphatic heterocycles. The molecule has 140 valence electrons. The van der Waals surface area contributed by atoms with Gasteiger partial charge in [-0.05, 0) is 31.4 Å². The molecule has 2 aromatic heterocycles. The largest absolute Gasteiger partial charge is 0.462 e. The van der Waals surface area contributed by atoms with E-state index in [-0.39, 0.29) is 23.4 Å². The average Bonchev–Trinajstić information content (AvgIpc) is 3.38. The van der Waals surface area contributed by atoms with Crippen LogP contribution in [0.25, 0.3) is 16.9 Å². The second-order valence-corrected chi connectivity index (χ2v) is 6.78. The van der Waals surface area contributed by atoms with E-state index in [1.807, 2.05) is 24.3 Å². The van der Waals surface area contributed by atoms with Gasteiger partial charge < -0.3 is 10.1 Å². The third kappa shape index (κ3) is 3.72. The number of fused-ring (bicyclic) bond motifs is 1. The predicted molar refractivity (Wildman–Crippen MR) is 103 cm³/mol. The van der Waals surface area contributed by atoms with Crippen LogP contribution in [-0.4, -0.2) is 33.7 Å². The zero-order valence-corrected chi connectivity index (χ0v) is 15.2. The Labute approximate surface area is 156 Å². The van der Waals surface area contributed by atoms with E-state index in [1.165, 1.54) is 36.0 Å². The summed E-state index contributed by atoms with van der Waals surface area (Å²) in [5, 5.41) is 6.17.